The number of hydrogen-bond acceptors (Lipinski definition) is 30. The lowest BCUT2D eigenvalue weighted by atomic mass is 9.98. The van der Waals surface area contributed by atoms with Gasteiger partial charge in [-0.1, -0.05) is 18.2 Å². The van der Waals surface area contributed by atoms with Crippen LogP contribution in [0.1, 0.15) is 18.1 Å². The normalized spacial score (nSPS) is 32.4. The van der Waals surface area contributed by atoms with E-state index in [1.165, 1.54) is 80.8 Å². The number of carbonyl (C=O) groups is 2. The second-order valence-electron chi connectivity index (χ2n) is 21.0. The molecule has 5 aromatic rings. The van der Waals surface area contributed by atoms with Gasteiger partial charge in [-0.3, -0.25) is 0 Å². The third-order valence-corrected chi connectivity index (χ3v) is 14.8. The van der Waals surface area contributed by atoms with Gasteiger partial charge in [-0.2, -0.15) is 0 Å². The highest BCUT2D eigenvalue weighted by atomic mass is 16.7. The molecule has 31 heteroatoms. The van der Waals surface area contributed by atoms with Gasteiger partial charge >= 0.3 is 23.3 Å². The fourth-order valence-electron chi connectivity index (χ4n) is 9.80. The monoisotopic (exact) mass is 1260 g/mol. The molecule has 4 saturated heterocycles. The van der Waals surface area contributed by atoms with Crippen molar-refractivity contribution < 1.29 is 153 Å². The molecule has 4 fully saturated rings. The SMILES string of the molecule is COc1cc(-c2[o+]c3cc(O)cc(OC4OC(CO)C(O)C(O)C4O)c3cc2OC2OC(COC3OC(C)C(OC(=O)C=Cc4ccc(OC5OC(COC(=O)C=Cc6ccc(O)c(O)c6)C(O)C(O)C5O)cc4)C(O)C3O)C(O)C(O)C2O)cc(O)c1O. The number of fused-ring (bicyclic) bond motifs is 1. The van der Waals surface area contributed by atoms with Crippen molar-refractivity contribution in [3.63, 3.8) is 0 Å². The highest BCUT2D eigenvalue weighted by molar-refractivity contribution is 5.90. The number of ether oxygens (including phenoxy) is 11. The van der Waals surface area contributed by atoms with Crippen LogP contribution >= 0.6 is 0 Å². The summed E-state index contributed by atoms with van der Waals surface area (Å²) >= 11 is 0. The van der Waals surface area contributed by atoms with Gasteiger partial charge in [0.15, 0.2) is 35.4 Å². The maximum atomic E-state index is 13.1. The van der Waals surface area contributed by atoms with E-state index in [0.717, 1.165) is 30.4 Å². The molecular weight excluding hydrogens is 1190 g/mol. The molecule has 4 aliphatic heterocycles. The summed E-state index contributed by atoms with van der Waals surface area (Å²) in [6, 6.07) is 15.1. The number of hydrogen-bond donors (Lipinski definition) is 17. The van der Waals surface area contributed by atoms with Crippen molar-refractivity contribution >= 4 is 35.1 Å². The Bertz CT molecular complexity index is 3340. The summed E-state index contributed by atoms with van der Waals surface area (Å²) in [7, 11) is 1.18. The second kappa shape index (κ2) is 28.0. The summed E-state index contributed by atoms with van der Waals surface area (Å²) in [6.45, 7) is -0.745. The first-order valence-electron chi connectivity index (χ1n) is 27.3. The first-order valence-corrected chi connectivity index (χ1v) is 27.3. The van der Waals surface area contributed by atoms with Crippen molar-refractivity contribution in [3.8, 4) is 63.1 Å². The van der Waals surface area contributed by atoms with Crippen molar-refractivity contribution in [1.29, 1.82) is 0 Å². The van der Waals surface area contributed by atoms with Gasteiger partial charge in [0, 0.05) is 36.4 Å². The Labute approximate surface area is 502 Å². The van der Waals surface area contributed by atoms with Crippen LogP contribution < -0.4 is 18.9 Å². The average Bonchev–Trinajstić information content (AvgIpc) is 0.919. The van der Waals surface area contributed by atoms with Gasteiger partial charge in [0.25, 0.3) is 0 Å². The molecule has 20 unspecified atom stereocenters. The number of aliphatic hydroxyl groups is 12. The minimum atomic E-state index is -2.06. The molecule has 20 atom stereocenters. The molecule has 4 aliphatic rings. The van der Waals surface area contributed by atoms with Gasteiger partial charge in [0.2, 0.25) is 30.4 Å². The molecule has 4 aromatic carbocycles. The standard InChI is InChI=1S/C58H64O31/c1-22-53(89-40(65)12-6-23-3-8-27(9-4-23)82-56-49(74)46(71)43(68)37(87-56)20-79-39(64)11-7-24-5-10-29(61)30(62)13-24)48(73)52(77)55(81-22)80-21-38-44(69)47(72)51(76)58(88-38)85-35-18-28-32(83-54(35)25-14-31(63)41(66)34(15-25)78-2)16-26(60)17-33(28)84-57-50(75)45(70)42(67)36(19-59)86-57/h3-18,22,36-38,42-53,55-59,67-77H,19-21H2,1-2H3,(H4-,60,61,62,63,64,66)/p+1. The van der Waals surface area contributed by atoms with E-state index < -0.39 is 183 Å². The molecule has 1 aromatic heterocycles. The van der Waals surface area contributed by atoms with Crippen molar-refractivity contribution in [1.82, 2.24) is 0 Å². The molecular formula is C58H65O31+. The first kappa shape index (κ1) is 65.7. The minimum Gasteiger partial charge on any atom is -0.507 e. The fourth-order valence-corrected chi connectivity index (χ4v) is 9.80. The van der Waals surface area contributed by atoms with E-state index in [4.69, 9.17) is 56.5 Å². The van der Waals surface area contributed by atoms with Gasteiger partial charge < -0.3 is 139 Å². The van der Waals surface area contributed by atoms with Crippen LogP contribution in [-0.2, 0) is 42.7 Å². The maximum Gasteiger partial charge on any atom is 0.402 e. The van der Waals surface area contributed by atoms with E-state index in [2.05, 4.69) is 0 Å². The van der Waals surface area contributed by atoms with Crippen molar-refractivity contribution in [2.75, 3.05) is 26.9 Å². The topological polar surface area (TPSA) is 491 Å². The first-order chi connectivity index (χ1) is 42.3. The molecule has 0 spiro atoms. The summed E-state index contributed by atoms with van der Waals surface area (Å²) in [6.07, 6.45) is -30.0. The molecule has 482 valence electrons. The van der Waals surface area contributed by atoms with Gasteiger partial charge in [-0.05, 0) is 54.5 Å². The largest absolute Gasteiger partial charge is 0.507 e. The number of esters is 2. The highest BCUT2D eigenvalue weighted by Crippen LogP contribution is 2.46. The number of phenols is 5. The highest BCUT2D eigenvalue weighted by Gasteiger charge is 2.51. The number of methoxy groups -OCH3 is 1. The molecule has 17 N–H and O–H groups in total. The van der Waals surface area contributed by atoms with Crippen LogP contribution in [-0.4, -0.2) is 249 Å². The van der Waals surface area contributed by atoms with E-state index in [-0.39, 0.29) is 45.3 Å². The Morgan fingerprint density at radius 1 is 0.528 bits per heavy atom. The molecule has 9 rings (SSSR count). The van der Waals surface area contributed by atoms with E-state index in [0.29, 0.717) is 11.1 Å². The summed E-state index contributed by atoms with van der Waals surface area (Å²) < 4.78 is 68.2. The second-order valence-corrected chi connectivity index (χ2v) is 21.0. The quantitative estimate of drug-likeness (QED) is 0.0181. The molecule has 0 saturated carbocycles. The average molecular weight is 1260 g/mol. The molecule has 89 heavy (non-hydrogen) atoms. The van der Waals surface area contributed by atoms with E-state index in [1.54, 1.807) is 0 Å². The zero-order chi connectivity index (χ0) is 64.3. The Morgan fingerprint density at radius 3 is 1.72 bits per heavy atom. The van der Waals surface area contributed by atoms with E-state index >= 15 is 0 Å². The fraction of sp³-hybridized carbons (Fsp3) is 0.431. The molecule has 0 radical (unpaired) electrons. The number of rotatable bonds is 19. The minimum absolute atomic E-state index is 0.0757. The lowest BCUT2D eigenvalue weighted by Crippen LogP contribution is -2.62. The third-order valence-electron chi connectivity index (χ3n) is 14.8. The number of aromatic hydroxyl groups is 5. The van der Waals surface area contributed by atoms with Gasteiger partial charge in [0.1, 0.15) is 115 Å². The zero-order valence-corrected chi connectivity index (χ0v) is 46.7. The maximum absolute atomic E-state index is 13.1. The van der Waals surface area contributed by atoms with Crippen molar-refractivity contribution in [3.05, 3.63) is 96.1 Å². The van der Waals surface area contributed by atoms with Crippen LogP contribution in [0.3, 0.4) is 0 Å². The van der Waals surface area contributed by atoms with Crippen LogP contribution in [0.15, 0.2) is 89.4 Å². The Kier molecular flexibility index (Phi) is 20.6. The van der Waals surface area contributed by atoms with Crippen molar-refractivity contribution in [2.24, 2.45) is 0 Å². The van der Waals surface area contributed by atoms with Crippen LogP contribution in [0.5, 0.6) is 51.7 Å². The summed E-state index contributed by atoms with van der Waals surface area (Å²) in [5.41, 5.74) is 0.481. The summed E-state index contributed by atoms with van der Waals surface area (Å²) in [5.74, 6) is -5.77. The lowest BCUT2D eigenvalue weighted by Gasteiger charge is -2.42. The molecule has 0 bridgehead atoms. The Hall–Kier alpha value is -7.77. The summed E-state index contributed by atoms with van der Waals surface area (Å²) in [5, 5.41) is 180. The smallest absolute Gasteiger partial charge is 0.402 e. The van der Waals surface area contributed by atoms with Crippen LogP contribution in [0.2, 0.25) is 0 Å². The predicted octanol–water partition coefficient (Wildman–Crippen LogP) is -2.17. The van der Waals surface area contributed by atoms with Crippen LogP contribution in [0.25, 0.3) is 34.4 Å². The third kappa shape index (κ3) is 14.6. The van der Waals surface area contributed by atoms with Crippen LogP contribution in [0, 0.1) is 0 Å². The van der Waals surface area contributed by atoms with Gasteiger partial charge in [-0.15, -0.1) is 0 Å². The Balaban J connectivity index is 0.818. The summed E-state index contributed by atoms with van der Waals surface area (Å²) in [4.78, 5) is 25.4. The van der Waals surface area contributed by atoms with E-state index in [1.807, 2.05) is 0 Å². The molecule has 0 amide bonds. The molecule has 31 nitrogen and oxygen atoms in total. The van der Waals surface area contributed by atoms with Gasteiger partial charge in [-0.25, -0.2) is 14.0 Å². The lowest BCUT2D eigenvalue weighted by molar-refractivity contribution is -0.319. The number of benzene rings is 4. The van der Waals surface area contributed by atoms with Crippen molar-refractivity contribution in [2.45, 2.75) is 130 Å². The Morgan fingerprint density at radius 2 is 1.09 bits per heavy atom. The number of carbonyl (C=O) groups excluding carboxylic acids is 2. The zero-order valence-electron chi connectivity index (χ0n) is 46.7. The van der Waals surface area contributed by atoms with E-state index in [9.17, 15) is 96.4 Å². The predicted molar refractivity (Wildman–Crippen MR) is 294 cm³/mol. The number of phenolic OH excluding ortho intramolecular Hbond substituents is 5. The van der Waals surface area contributed by atoms with Crippen LogP contribution in [0.4, 0.5) is 0 Å². The van der Waals surface area contributed by atoms with Gasteiger partial charge in [0.05, 0.1) is 38.1 Å². The molecule has 5 heterocycles. The molecule has 0 aliphatic carbocycles. The number of aliphatic hydroxyl groups excluding tert-OH is 12.